The number of hydrogen-bond acceptors (Lipinski definition) is 6. The Morgan fingerprint density at radius 3 is 2.50 bits per heavy atom. The van der Waals surface area contributed by atoms with Crippen molar-refractivity contribution in [2.45, 2.75) is 12.5 Å². The van der Waals surface area contributed by atoms with Crippen molar-refractivity contribution in [1.29, 1.82) is 0 Å². The summed E-state index contributed by atoms with van der Waals surface area (Å²) < 4.78 is 12.2. The van der Waals surface area contributed by atoms with Gasteiger partial charge < -0.3 is 30.5 Å². The molecule has 2 aliphatic heterocycles. The fourth-order valence-electron chi connectivity index (χ4n) is 4.51. The van der Waals surface area contributed by atoms with E-state index in [1.165, 1.54) is 12.1 Å². The Balaban J connectivity index is 1.47. The number of thiocarbonyl (C=S) groups is 1. The molecule has 0 fully saturated rings. The standard InChI is InChI=1S/C27H23N3O5S/c1-3-24(32)28-10-11-29-26(36)30-16-5-8-19-18(13-16)25(33)35-27(19)20-7-4-15(2)12-22(20)34-23-14-17(31)6-9-21(23)27/h3-9,12-14,31H,1,10-11H2,2H3,(H,28,32)(H2,29,30,36). The summed E-state index contributed by atoms with van der Waals surface area (Å²) in [6.45, 7) is 6.15. The third kappa shape index (κ3) is 3.93. The molecule has 2 heterocycles. The molecule has 0 aliphatic carbocycles. The smallest absolute Gasteiger partial charge is 0.340 e. The fraction of sp³-hybridized carbons (Fsp3) is 0.148. The number of fused-ring (bicyclic) bond motifs is 6. The Hall–Kier alpha value is -4.37. The first-order valence-corrected chi connectivity index (χ1v) is 11.7. The maximum Gasteiger partial charge on any atom is 0.340 e. The topological polar surface area (TPSA) is 109 Å². The molecule has 2 aliphatic rings. The van der Waals surface area contributed by atoms with Crippen LogP contribution in [0.15, 0.2) is 67.3 Å². The zero-order valence-corrected chi connectivity index (χ0v) is 20.2. The molecule has 5 rings (SSSR count). The number of anilines is 1. The Bertz CT molecular complexity index is 1380. The Kier molecular flexibility index (Phi) is 5.85. The van der Waals surface area contributed by atoms with E-state index in [1.807, 2.05) is 37.3 Å². The van der Waals surface area contributed by atoms with Crippen molar-refractivity contribution in [3.05, 3.63) is 95.1 Å². The normalized spacial score (nSPS) is 16.6. The van der Waals surface area contributed by atoms with Gasteiger partial charge in [0.25, 0.3) is 0 Å². The quantitative estimate of drug-likeness (QED) is 0.181. The second-order valence-electron chi connectivity index (χ2n) is 8.49. The molecule has 1 spiro atoms. The highest BCUT2D eigenvalue weighted by Gasteiger charge is 2.53. The molecule has 0 radical (unpaired) electrons. The van der Waals surface area contributed by atoms with E-state index in [0.29, 0.717) is 57.6 Å². The van der Waals surface area contributed by atoms with Gasteiger partial charge in [-0.15, -0.1) is 0 Å². The summed E-state index contributed by atoms with van der Waals surface area (Å²) in [6.07, 6.45) is 1.20. The zero-order valence-electron chi connectivity index (χ0n) is 19.4. The molecule has 0 saturated heterocycles. The Labute approximate surface area is 212 Å². The number of nitrogens with one attached hydrogen (secondary N) is 3. The average molecular weight is 502 g/mol. The SMILES string of the molecule is C=CC(=O)NCCNC(=S)Nc1ccc2c(c1)C(=O)OC21c2ccc(C)cc2Oc2cc(O)ccc21. The van der Waals surface area contributed by atoms with Crippen molar-refractivity contribution < 1.29 is 24.2 Å². The number of esters is 1. The first kappa shape index (κ1) is 23.4. The highest BCUT2D eigenvalue weighted by Crippen LogP contribution is 2.56. The van der Waals surface area contributed by atoms with Crippen LogP contribution in [0.1, 0.15) is 32.6 Å². The molecule has 0 saturated carbocycles. The number of phenols is 1. The van der Waals surface area contributed by atoms with Gasteiger partial charge >= 0.3 is 5.97 Å². The third-order valence-corrected chi connectivity index (χ3v) is 6.34. The van der Waals surface area contributed by atoms with Crippen LogP contribution in [0.5, 0.6) is 17.2 Å². The van der Waals surface area contributed by atoms with Crippen molar-refractivity contribution in [2.75, 3.05) is 18.4 Å². The first-order valence-electron chi connectivity index (χ1n) is 11.3. The number of aromatic hydroxyl groups is 1. The molecule has 0 bridgehead atoms. The van der Waals surface area contributed by atoms with Crippen molar-refractivity contribution in [3.63, 3.8) is 0 Å². The predicted octanol–water partition coefficient (Wildman–Crippen LogP) is 3.86. The van der Waals surface area contributed by atoms with Gasteiger partial charge in [0, 0.05) is 41.5 Å². The summed E-state index contributed by atoms with van der Waals surface area (Å²) in [5.41, 5.74) is 2.79. The zero-order chi connectivity index (χ0) is 25.4. The molecule has 4 N–H and O–H groups in total. The molecule has 3 aromatic rings. The first-order chi connectivity index (χ1) is 17.3. The number of phenolic OH excluding ortho intramolecular Hbond substituents is 1. The maximum absolute atomic E-state index is 13.2. The molecule has 3 aromatic carbocycles. The lowest BCUT2D eigenvalue weighted by Gasteiger charge is -2.36. The van der Waals surface area contributed by atoms with Crippen LogP contribution in [-0.2, 0) is 15.1 Å². The van der Waals surface area contributed by atoms with Gasteiger partial charge in [0.15, 0.2) is 10.7 Å². The van der Waals surface area contributed by atoms with Crippen LogP contribution in [-0.4, -0.2) is 35.2 Å². The van der Waals surface area contributed by atoms with Gasteiger partial charge in [0.05, 0.1) is 5.56 Å². The van der Waals surface area contributed by atoms with Crippen LogP contribution in [0.25, 0.3) is 0 Å². The molecular weight excluding hydrogens is 478 g/mol. The summed E-state index contributed by atoms with van der Waals surface area (Å²) in [6, 6.07) is 15.9. The predicted molar refractivity (Wildman–Crippen MR) is 139 cm³/mol. The summed E-state index contributed by atoms with van der Waals surface area (Å²) in [4.78, 5) is 24.4. The number of hydrogen-bond donors (Lipinski definition) is 4. The van der Waals surface area contributed by atoms with E-state index in [1.54, 1.807) is 18.2 Å². The lowest BCUT2D eigenvalue weighted by molar-refractivity contribution is -0.116. The second-order valence-corrected chi connectivity index (χ2v) is 8.90. The molecule has 1 amide bonds. The lowest BCUT2D eigenvalue weighted by Crippen LogP contribution is -2.36. The minimum Gasteiger partial charge on any atom is -0.508 e. The summed E-state index contributed by atoms with van der Waals surface area (Å²) in [5, 5.41) is 19.1. The maximum atomic E-state index is 13.2. The van der Waals surface area contributed by atoms with Crippen LogP contribution >= 0.6 is 12.2 Å². The summed E-state index contributed by atoms with van der Waals surface area (Å²) in [5.74, 6) is 0.291. The molecule has 0 aromatic heterocycles. The number of aryl methyl sites for hydroxylation is 1. The van der Waals surface area contributed by atoms with Gasteiger partial charge in [-0.25, -0.2) is 4.79 Å². The van der Waals surface area contributed by atoms with E-state index >= 15 is 0 Å². The number of benzene rings is 3. The second kappa shape index (κ2) is 9.01. The van der Waals surface area contributed by atoms with Crippen LogP contribution in [0, 0.1) is 6.92 Å². The third-order valence-electron chi connectivity index (χ3n) is 6.10. The van der Waals surface area contributed by atoms with E-state index in [4.69, 9.17) is 21.7 Å². The molecule has 1 unspecified atom stereocenters. The van der Waals surface area contributed by atoms with Crippen LogP contribution in [0.4, 0.5) is 5.69 Å². The Morgan fingerprint density at radius 2 is 1.72 bits per heavy atom. The van der Waals surface area contributed by atoms with Gasteiger partial charge in [-0.2, -0.15) is 0 Å². The molecule has 182 valence electrons. The van der Waals surface area contributed by atoms with Crippen LogP contribution in [0.3, 0.4) is 0 Å². The number of carbonyl (C=O) groups is 2. The monoisotopic (exact) mass is 501 g/mol. The van der Waals surface area contributed by atoms with E-state index in [9.17, 15) is 14.7 Å². The lowest BCUT2D eigenvalue weighted by atomic mass is 9.77. The van der Waals surface area contributed by atoms with E-state index < -0.39 is 11.6 Å². The number of ether oxygens (including phenoxy) is 2. The molecular formula is C27H23N3O5S. The number of carbonyl (C=O) groups excluding carboxylic acids is 2. The molecule has 9 heteroatoms. The van der Waals surface area contributed by atoms with E-state index in [2.05, 4.69) is 22.5 Å². The minimum atomic E-state index is -1.21. The fourth-order valence-corrected chi connectivity index (χ4v) is 4.73. The van der Waals surface area contributed by atoms with Crippen LogP contribution in [0.2, 0.25) is 0 Å². The van der Waals surface area contributed by atoms with Crippen molar-refractivity contribution in [1.82, 2.24) is 10.6 Å². The van der Waals surface area contributed by atoms with Crippen LogP contribution < -0.4 is 20.7 Å². The summed E-state index contributed by atoms with van der Waals surface area (Å²) in [7, 11) is 0. The van der Waals surface area contributed by atoms with Gasteiger partial charge in [-0.3, -0.25) is 4.79 Å². The Morgan fingerprint density at radius 1 is 1.03 bits per heavy atom. The summed E-state index contributed by atoms with van der Waals surface area (Å²) >= 11 is 5.34. The number of amides is 1. The highest BCUT2D eigenvalue weighted by molar-refractivity contribution is 7.80. The van der Waals surface area contributed by atoms with E-state index in [-0.39, 0.29) is 11.7 Å². The van der Waals surface area contributed by atoms with Gasteiger partial charge in [-0.1, -0.05) is 24.8 Å². The molecule has 36 heavy (non-hydrogen) atoms. The van der Waals surface area contributed by atoms with Gasteiger partial charge in [-0.05, 0) is 61.1 Å². The van der Waals surface area contributed by atoms with E-state index in [0.717, 1.165) is 5.56 Å². The average Bonchev–Trinajstić information content (AvgIpc) is 3.13. The van der Waals surface area contributed by atoms with Crippen molar-refractivity contribution in [2.24, 2.45) is 0 Å². The number of rotatable bonds is 5. The molecule has 8 nitrogen and oxygen atoms in total. The van der Waals surface area contributed by atoms with Gasteiger partial charge in [0.2, 0.25) is 5.91 Å². The van der Waals surface area contributed by atoms with Gasteiger partial charge in [0.1, 0.15) is 17.2 Å². The minimum absolute atomic E-state index is 0.0502. The highest BCUT2D eigenvalue weighted by atomic mass is 32.1. The van der Waals surface area contributed by atoms with Crippen molar-refractivity contribution in [3.8, 4) is 17.2 Å². The molecule has 1 atom stereocenters. The van der Waals surface area contributed by atoms with Crippen molar-refractivity contribution >= 4 is 34.9 Å². The largest absolute Gasteiger partial charge is 0.508 e.